The summed E-state index contributed by atoms with van der Waals surface area (Å²) in [5.41, 5.74) is 1.64. The number of benzene rings is 1. The number of aliphatic hydroxyl groups excluding tert-OH is 1. The standard InChI is InChI=1S/C36H34F2N8O4/c1-21-16-43(25-19-50-20-25)9-10-44(21)24-4-6-31(40-15-24)41-29-13-22(17-42(2)35(29)48)26-7-8-39-34(28(26)18-47)46-12-11-45-30-5-3-23(37)14-27(30)32(38)33(45)36(46)49/h3-8,11-15,17,21,25,47H,9-10,16,18-20H2,1-2H3,(H,40,41)/t21-/m0/s1. The highest BCUT2D eigenvalue weighted by Gasteiger charge is 2.32. The molecule has 0 bridgehead atoms. The molecule has 0 radical (unpaired) electrons. The molecule has 7 heterocycles. The lowest BCUT2D eigenvalue weighted by Crippen LogP contribution is -2.59. The van der Waals surface area contributed by atoms with E-state index < -0.39 is 23.8 Å². The Morgan fingerprint density at radius 1 is 1.02 bits per heavy atom. The Morgan fingerprint density at radius 3 is 2.58 bits per heavy atom. The molecule has 256 valence electrons. The Balaban J connectivity index is 1.10. The van der Waals surface area contributed by atoms with E-state index in [1.807, 2.05) is 12.1 Å². The average molecular weight is 681 g/mol. The van der Waals surface area contributed by atoms with Crippen LogP contribution in [0.1, 0.15) is 12.5 Å². The van der Waals surface area contributed by atoms with E-state index in [1.54, 1.807) is 31.6 Å². The zero-order valence-electron chi connectivity index (χ0n) is 27.4. The first-order chi connectivity index (χ1) is 24.2. The molecule has 1 aromatic carbocycles. The second-order valence-electron chi connectivity index (χ2n) is 12.8. The van der Waals surface area contributed by atoms with E-state index in [0.717, 1.165) is 49.2 Å². The number of aryl methyl sites for hydroxylation is 1. The van der Waals surface area contributed by atoms with Crippen molar-refractivity contribution in [1.29, 1.82) is 0 Å². The number of rotatable bonds is 7. The number of anilines is 3. The summed E-state index contributed by atoms with van der Waals surface area (Å²) in [4.78, 5) is 40.7. The molecular formula is C36H34F2N8O4. The van der Waals surface area contributed by atoms with Crippen LogP contribution in [0, 0.1) is 11.6 Å². The predicted octanol–water partition coefficient (Wildman–Crippen LogP) is 3.82. The number of nitrogens with one attached hydrogen (secondary N) is 1. The lowest BCUT2D eigenvalue weighted by atomic mass is 10.0. The van der Waals surface area contributed by atoms with E-state index in [9.17, 15) is 19.1 Å². The van der Waals surface area contributed by atoms with Gasteiger partial charge in [-0.25, -0.2) is 18.7 Å². The summed E-state index contributed by atoms with van der Waals surface area (Å²) in [6, 6.07) is 11.6. The second kappa shape index (κ2) is 12.5. The van der Waals surface area contributed by atoms with Gasteiger partial charge in [0.2, 0.25) is 0 Å². The van der Waals surface area contributed by atoms with E-state index in [2.05, 4.69) is 32.0 Å². The largest absolute Gasteiger partial charge is 0.392 e. The number of ether oxygens (including phenoxy) is 1. The number of hydrogen-bond donors (Lipinski definition) is 2. The topological polar surface area (TPSA) is 122 Å². The third kappa shape index (κ3) is 5.32. The van der Waals surface area contributed by atoms with Gasteiger partial charge in [0.15, 0.2) is 5.82 Å². The fourth-order valence-electron chi connectivity index (χ4n) is 7.05. The normalized spacial score (nSPS) is 17.1. The monoisotopic (exact) mass is 680 g/mol. The first kappa shape index (κ1) is 31.8. The number of nitrogens with zero attached hydrogens (tertiary/aromatic N) is 7. The summed E-state index contributed by atoms with van der Waals surface area (Å²) in [5, 5.41) is 13.7. The maximum Gasteiger partial charge on any atom is 0.283 e. The lowest BCUT2D eigenvalue weighted by Gasteiger charge is -2.46. The van der Waals surface area contributed by atoms with Gasteiger partial charge in [-0.1, -0.05) is 0 Å². The molecule has 2 fully saturated rings. The molecule has 2 N–H and O–H groups in total. The van der Waals surface area contributed by atoms with Gasteiger partial charge >= 0.3 is 0 Å². The zero-order valence-corrected chi connectivity index (χ0v) is 27.4. The molecule has 0 unspecified atom stereocenters. The molecule has 14 heteroatoms. The van der Waals surface area contributed by atoms with Crippen LogP contribution in [0.3, 0.4) is 0 Å². The van der Waals surface area contributed by atoms with Crippen molar-refractivity contribution in [3.63, 3.8) is 0 Å². The van der Waals surface area contributed by atoms with Gasteiger partial charge in [0.05, 0.1) is 43.3 Å². The highest BCUT2D eigenvalue weighted by Crippen LogP contribution is 2.30. The van der Waals surface area contributed by atoms with E-state index in [4.69, 9.17) is 4.74 Å². The summed E-state index contributed by atoms with van der Waals surface area (Å²) in [6.07, 6.45) is 7.82. The van der Waals surface area contributed by atoms with Crippen LogP contribution in [0.25, 0.3) is 33.4 Å². The number of piperazine rings is 1. The van der Waals surface area contributed by atoms with Gasteiger partial charge in [-0.15, -0.1) is 0 Å². The maximum atomic E-state index is 15.5. The first-order valence-electron chi connectivity index (χ1n) is 16.3. The third-order valence-corrected chi connectivity index (χ3v) is 9.74. The van der Waals surface area contributed by atoms with E-state index >= 15 is 4.39 Å². The quantitative estimate of drug-likeness (QED) is 0.259. The van der Waals surface area contributed by atoms with Gasteiger partial charge in [-0.05, 0) is 55.0 Å². The Kier molecular flexibility index (Phi) is 7.93. The minimum atomic E-state index is -0.854. The average Bonchev–Trinajstić information content (AvgIpc) is 3.37. The molecule has 2 aliphatic heterocycles. The van der Waals surface area contributed by atoms with Gasteiger partial charge in [0, 0.05) is 74.0 Å². The number of aromatic nitrogens is 5. The molecule has 5 aromatic heterocycles. The summed E-state index contributed by atoms with van der Waals surface area (Å²) in [6.45, 7) is 6.08. The van der Waals surface area contributed by atoms with Crippen LogP contribution in [0.2, 0.25) is 0 Å². The highest BCUT2D eigenvalue weighted by molar-refractivity contribution is 5.88. The van der Waals surface area contributed by atoms with Crippen molar-refractivity contribution < 1.29 is 18.6 Å². The van der Waals surface area contributed by atoms with Crippen LogP contribution in [-0.4, -0.2) is 78.4 Å². The van der Waals surface area contributed by atoms with Crippen LogP contribution in [-0.2, 0) is 18.4 Å². The predicted molar refractivity (Wildman–Crippen MR) is 185 cm³/mol. The van der Waals surface area contributed by atoms with Crippen molar-refractivity contribution in [2.24, 2.45) is 7.05 Å². The van der Waals surface area contributed by atoms with Crippen molar-refractivity contribution in [2.45, 2.75) is 25.6 Å². The molecule has 0 aliphatic carbocycles. The van der Waals surface area contributed by atoms with Crippen LogP contribution in [0.4, 0.5) is 26.0 Å². The summed E-state index contributed by atoms with van der Waals surface area (Å²) in [7, 11) is 1.62. The Labute approximate surface area is 284 Å². The number of hydrogen-bond acceptors (Lipinski definition) is 9. The number of pyridine rings is 3. The fraction of sp³-hybridized carbons (Fsp3) is 0.278. The fourth-order valence-corrected chi connectivity index (χ4v) is 7.05. The van der Waals surface area contributed by atoms with Gasteiger partial charge in [-0.2, -0.15) is 0 Å². The third-order valence-electron chi connectivity index (χ3n) is 9.74. The second-order valence-corrected chi connectivity index (χ2v) is 12.8. The summed E-state index contributed by atoms with van der Waals surface area (Å²) < 4.78 is 38.7. The zero-order chi connectivity index (χ0) is 34.7. The van der Waals surface area contributed by atoms with Crippen molar-refractivity contribution >= 4 is 33.6 Å². The Morgan fingerprint density at radius 2 is 1.86 bits per heavy atom. The van der Waals surface area contributed by atoms with Crippen LogP contribution in [0.15, 0.2) is 83.0 Å². The smallest absolute Gasteiger partial charge is 0.283 e. The minimum absolute atomic E-state index is 0.0224. The lowest BCUT2D eigenvalue weighted by molar-refractivity contribution is -0.0691. The molecule has 1 atom stereocenters. The van der Waals surface area contributed by atoms with Gasteiger partial charge < -0.3 is 29.0 Å². The molecule has 0 spiro atoms. The molecule has 2 saturated heterocycles. The highest BCUT2D eigenvalue weighted by atomic mass is 19.1. The Hall–Kier alpha value is -5.44. The molecule has 2 aliphatic rings. The van der Waals surface area contributed by atoms with Crippen molar-refractivity contribution in [3.05, 3.63) is 111 Å². The van der Waals surface area contributed by atoms with E-state index in [0.29, 0.717) is 34.5 Å². The molecule has 8 rings (SSSR count). The van der Waals surface area contributed by atoms with E-state index in [-0.39, 0.29) is 33.5 Å². The van der Waals surface area contributed by atoms with Crippen LogP contribution >= 0.6 is 0 Å². The van der Waals surface area contributed by atoms with Crippen molar-refractivity contribution in [1.82, 2.24) is 28.4 Å². The Bertz CT molecular complexity index is 2390. The minimum Gasteiger partial charge on any atom is -0.392 e. The first-order valence-corrected chi connectivity index (χ1v) is 16.3. The molecule has 0 saturated carbocycles. The van der Waals surface area contributed by atoms with Crippen molar-refractivity contribution in [2.75, 3.05) is 43.1 Å². The maximum absolute atomic E-state index is 15.5. The molecule has 12 nitrogen and oxygen atoms in total. The summed E-state index contributed by atoms with van der Waals surface area (Å²) >= 11 is 0. The SMILES string of the molecule is C[C@H]1CN(C2COC2)CCN1c1ccc(Nc2cc(-c3ccnc(-n4ccn5c(c(F)c6cc(F)ccc65)c4=O)c3CO)cn(C)c2=O)nc1. The van der Waals surface area contributed by atoms with Gasteiger partial charge in [0.25, 0.3) is 11.1 Å². The number of fused-ring (bicyclic) bond motifs is 3. The van der Waals surface area contributed by atoms with Crippen molar-refractivity contribution in [3.8, 4) is 16.9 Å². The number of halogens is 2. The van der Waals surface area contributed by atoms with Gasteiger partial charge in [-0.3, -0.25) is 19.1 Å². The molecule has 50 heavy (non-hydrogen) atoms. The number of aliphatic hydroxyl groups is 1. The van der Waals surface area contributed by atoms with Crippen LogP contribution in [0.5, 0.6) is 0 Å². The summed E-state index contributed by atoms with van der Waals surface area (Å²) in [5.74, 6) is -0.903. The van der Waals surface area contributed by atoms with E-state index in [1.165, 1.54) is 39.7 Å². The molecule has 6 aromatic rings. The molecule has 0 amide bonds. The molecular weight excluding hydrogens is 646 g/mol. The van der Waals surface area contributed by atoms with Gasteiger partial charge in [0.1, 0.15) is 28.7 Å². The van der Waals surface area contributed by atoms with Crippen LogP contribution < -0.4 is 21.3 Å².